The number of aromatic hydroxyl groups is 1. The molecule has 3 aromatic carbocycles. The SMILES string of the molecule is COc1ccc2[nH]c3c(c2c1)CCN[C@@]31CS[C@H]2c3c(OC(C)=O)c(C)c4c(c3[C@@H](COC1=O)N1[C@H]2[C@@H]2c3c(cc(C)c(OC)c3O)C[C@H]([C@H]1O)N2C)OCO4. The normalized spacial score (nSPS) is 28.9. The van der Waals surface area contributed by atoms with Crippen molar-refractivity contribution in [3.8, 4) is 34.5 Å². The van der Waals surface area contributed by atoms with Crippen molar-refractivity contribution in [2.45, 2.75) is 74.8 Å². The van der Waals surface area contributed by atoms with Gasteiger partial charge in [0, 0.05) is 58.4 Å². The number of benzene rings is 3. The summed E-state index contributed by atoms with van der Waals surface area (Å²) >= 11 is 1.53. The highest BCUT2D eigenvalue weighted by Crippen LogP contribution is 2.64. The Bertz CT molecular complexity index is 2360. The molecule has 1 aromatic heterocycles. The van der Waals surface area contributed by atoms with Crippen LogP contribution in [0.2, 0.25) is 0 Å². The fraction of sp³-hybridized carbons (Fsp3) is 0.463. The number of fused-ring (bicyclic) bond motifs is 11. The van der Waals surface area contributed by atoms with Gasteiger partial charge in [-0.3, -0.25) is 19.9 Å². The fourth-order valence-corrected chi connectivity index (χ4v) is 12.2. The van der Waals surface area contributed by atoms with Crippen molar-refractivity contribution in [1.82, 2.24) is 20.1 Å². The van der Waals surface area contributed by atoms with Gasteiger partial charge in [0.05, 0.1) is 43.3 Å². The summed E-state index contributed by atoms with van der Waals surface area (Å²) in [5.41, 5.74) is 5.79. The molecule has 7 aliphatic rings. The van der Waals surface area contributed by atoms with Crippen LogP contribution < -0.4 is 29.0 Å². The largest absolute Gasteiger partial charge is 0.504 e. The third kappa shape index (κ3) is 4.71. The van der Waals surface area contributed by atoms with Gasteiger partial charge in [-0.05, 0) is 68.6 Å². The van der Waals surface area contributed by atoms with Gasteiger partial charge in [-0.25, -0.2) is 4.79 Å². The molecule has 56 heavy (non-hydrogen) atoms. The predicted octanol–water partition coefficient (Wildman–Crippen LogP) is 4.19. The molecule has 14 nitrogen and oxygen atoms in total. The second-order valence-corrected chi connectivity index (χ2v) is 16.8. The maximum absolute atomic E-state index is 14.9. The second-order valence-electron chi connectivity index (χ2n) is 15.6. The standard InChI is InChI=1S/C41H44N4O10S/c1-17-11-20-12-25-39(48)45-26-14-52-40(49)41(38-22(9-10-42-41)23-13-21(50-5)7-8-24(23)43-38)15-56-37(31(45)30(44(25)4)27(20)32(47)33(17)51-6)29-28(26)36-35(53-16-54-36)18(2)34(29)55-19(3)46/h7-8,11,13,25-26,30-31,37,39,42-43,47-48H,9-10,12,14-16H2,1-6H3/t25-,26-,30+,31+,37+,39-,41+/m1/s1. The van der Waals surface area contributed by atoms with Gasteiger partial charge < -0.3 is 43.6 Å². The number of carbonyl (C=O) groups excluding carboxylic acids is 2. The Hall–Kier alpha value is -4.67. The summed E-state index contributed by atoms with van der Waals surface area (Å²) in [6.07, 6.45) is 0.129. The highest BCUT2D eigenvalue weighted by atomic mass is 32.2. The lowest BCUT2D eigenvalue weighted by atomic mass is 9.73. The lowest BCUT2D eigenvalue weighted by Crippen LogP contribution is -2.70. The van der Waals surface area contributed by atoms with Gasteiger partial charge in [-0.2, -0.15) is 0 Å². The summed E-state index contributed by atoms with van der Waals surface area (Å²) in [4.78, 5) is 35.6. The van der Waals surface area contributed by atoms with E-state index in [1.165, 1.54) is 18.7 Å². The molecule has 11 rings (SSSR count). The lowest BCUT2D eigenvalue weighted by Gasteiger charge is -2.62. The molecule has 4 aromatic rings. The molecule has 7 atom stereocenters. The zero-order valence-corrected chi connectivity index (χ0v) is 32.8. The number of hydrogen-bond donors (Lipinski definition) is 4. The Morgan fingerprint density at radius 1 is 1.05 bits per heavy atom. The highest BCUT2D eigenvalue weighted by molar-refractivity contribution is 7.99. The Morgan fingerprint density at radius 2 is 1.86 bits per heavy atom. The number of aliphatic hydroxyl groups is 1. The van der Waals surface area contributed by atoms with E-state index in [0.29, 0.717) is 59.1 Å². The number of rotatable bonds is 3. The van der Waals surface area contributed by atoms with Crippen LogP contribution in [0.25, 0.3) is 10.9 Å². The number of nitrogens with one attached hydrogen (secondary N) is 2. The summed E-state index contributed by atoms with van der Waals surface area (Å²) in [6.45, 7) is 5.46. The van der Waals surface area contributed by atoms with Crippen LogP contribution in [-0.2, 0) is 32.7 Å². The molecule has 8 heterocycles. The third-order valence-electron chi connectivity index (χ3n) is 12.9. The summed E-state index contributed by atoms with van der Waals surface area (Å²) < 4.78 is 36.2. The van der Waals surface area contributed by atoms with E-state index in [1.54, 1.807) is 14.2 Å². The minimum absolute atomic E-state index is 0.0439. The van der Waals surface area contributed by atoms with E-state index in [1.807, 2.05) is 50.1 Å². The number of ether oxygens (including phenoxy) is 6. The second kappa shape index (κ2) is 12.7. The van der Waals surface area contributed by atoms with Crippen LogP contribution in [0.4, 0.5) is 0 Å². The molecule has 0 unspecified atom stereocenters. The molecule has 15 heteroatoms. The lowest BCUT2D eigenvalue weighted by molar-refractivity contribution is -0.186. The number of H-pyrrole nitrogens is 1. The molecule has 294 valence electrons. The van der Waals surface area contributed by atoms with Crippen molar-refractivity contribution in [1.29, 1.82) is 0 Å². The van der Waals surface area contributed by atoms with E-state index in [9.17, 15) is 19.8 Å². The Morgan fingerprint density at radius 3 is 2.62 bits per heavy atom. The Labute approximate surface area is 327 Å². The minimum atomic E-state index is -1.28. The number of carbonyl (C=O) groups is 2. The van der Waals surface area contributed by atoms with Crippen LogP contribution in [0.1, 0.15) is 68.9 Å². The topological polar surface area (TPSA) is 164 Å². The molecule has 2 saturated heterocycles. The molecular formula is C41H44N4O10S. The summed E-state index contributed by atoms with van der Waals surface area (Å²) in [5.74, 6) is 1.73. The molecule has 7 aliphatic heterocycles. The summed E-state index contributed by atoms with van der Waals surface area (Å²) in [7, 11) is 5.17. The fourth-order valence-electron chi connectivity index (χ4n) is 10.6. The zero-order chi connectivity index (χ0) is 38.9. The number of nitrogens with zero attached hydrogens (tertiary/aromatic N) is 2. The number of aliphatic hydroxyl groups excluding tert-OH is 1. The van der Waals surface area contributed by atoms with Gasteiger partial charge in [-0.1, -0.05) is 6.07 Å². The van der Waals surface area contributed by atoms with Crippen molar-refractivity contribution in [3.63, 3.8) is 0 Å². The Kier molecular flexibility index (Phi) is 8.08. The Balaban J connectivity index is 1.23. The van der Waals surface area contributed by atoms with Crippen LogP contribution in [0.3, 0.4) is 0 Å². The number of methoxy groups -OCH3 is 2. The predicted molar refractivity (Wildman–Crippen MR) is 205 cm³/mol. The van der Waals surface area contributed by atoms with E-state index in [2.05, 4.69) is 15.2 Å². The van der Waals surface area contributed by atoms with Gasteiger partial charge in [0.2, 0.25) is 6.79 Å². The average molecular weight is 785 g/mol. The number of esters is 2. The number of phenols is 1. The van der Waals surface area contributed by atoms with Gasteiger partial charge in [0.1, 0.15) is 24.3 Å². The van der Waals surface area contributed by atoms with E-state index in [-0.39, 0.29) is 30.9 Å². The molecule has 1 spiro atoms. The first-order valence-electron chi connectivity index (χ1n) is 18.9. The van der Waals surface area contributed by atoms with Crippen molar-refractivity contribution >= 4 is 34.6 Å². The van der Waals surface area contributed by atoms with Gasteiger partial charge in [-0.15, -0.1) is 11.8 Å². The first-order chi connectivity index (χ1) is 27.0. The average Bonchev–Trinajstić information content (AvgIpc) is 3.82. The van der Waals surface area contributed by atoms with E-state index in [0.717, 1.165) is 44.6 Å². The molecule has 0 saturated carbocycles. The zero-order valence-electron chi connectivity index (χ0n) is 32.0. The highest BCUT2D eigenvalue weighted by Gasteiger charge is 2.61. The van der Waals surface area contributed by atoms with Gasteiger partial charge in [0.15, 0.2) is 28.5 Å². The molecule has 4 bridgehead atoms. The monoisotopic (exact) mass is 784 g/mol. The number of aryl methyl sites for hydroxylation is 1. The number of thioether (sulfide) groups is 1. The third-order valence-corrected chi connectivity index (χ3v) is 14.4. The maximum atomic E-state index is 14.9. The van der Waals surface area contributed by atoms with Crippen molar-refractivity contribution in [2.24, 2.45) is 0 Å². The molecule has 0 radical (unpaired) electrons. The van der Waals surface area contributed by atoms with Crippen molar-refractivity contribution in [3.05, 3.63) is 68.9 Å². The van der Waals surface area contributed by atoms with Crippen LogP contribution in [0.15, 0.2) is 24.3 Å². The molecular weight excluding hydrogens is 741 g/mol. The molecule has 4 N–H and O–H groups in total. The number of likely N-dealkylation sites (N-methyl/N-ethyl adjacent to an activating group) is 1. The molecule has 2 fully saturated rings. The summed E-state index contributed by atoms with van der Waals surface area (Å²) in [6, 6.07) is 5.77. The molecule has 0 amide bonds. The maximum Gasteiger partial charge on any atom is 0.333 e. The van der Waals surface area contributed by atoms with Crippen LogP contribution in [-0.4, -0.2) is 102 Å². The molecule has 0 aliphatic carbocycles. The smallest absolute Gasteiger partial charge is 0.333 e. The van der Waals surface area contributed by atoms with Crippen LogP contribution >= 0.6 is 11.8 Å². The number of aromatic nitrogens is 1. The van der Waals surface area contributed by atoms with Crippen molar-refractivity contribution in [2.75, 3.05) is 47.0 Å². The van der Waals surface area contributed by atoms with E-state index < -0.39 is 47.1 Å². The first-order valence-corrected chi connectivity index (χ1v) is 20.0. The first kappa shape index (κ1) is 35.7. The van der Waals surface area contributed by atoms with Crippen LogP contribution in [0, 0.1) is 13.8 Å². The van der Waals surface area contributed by atoms with E-state index >= 15 is 0 Å². The number of hydrogen-bond acceptors (Lipinski definition) is 14. The number of piperazine rings is 1. The van der Waals surface area contributed by atoms with Crippen molar-refractivity contribution < 1.29 is 48.2 Å². The van der Waals surface area contributed by atoms with Gasteiger partial charge >= 0.3 is 11.9 Å². The number of phenolic OH excluding ortho intramolecular Hbond substituents is 1. The van der Waals surface area contributed by atoms with Gasteiger partial charge in [0.25, 0.3) is 0 Å². The minimum Gasteiger partial charge on any atom is -0.504 e. The van der Waals surface area contributed by atoms with E-state index in [4.69, 9.17) is 28.4 Å². The van der Waals surface area contributed by atoms with Crippen LogP contribution in [0.5, 0.6) is 34.5 Å². The quantitative estimate of drug-likeness (QED) is 0.173. The summed E-state index contributed by atoms with van der Waals surface area (Å²) in [5, 5.41) is 28.7. The number of aromatic amines is 1.